The van der Waals surface area contributed by atoms with Crippen LogP contribution in [0.5, 0.6) is 0 Å². The number of aromatic nitrogens is 1. The van der Waals surface area contributed by atoms with Gasteiger partial charge in [-0.05, 0) is 59.4 Å². The molecule has 9 nitrogen and oxygen atoms in total. The predicted molar refractivity (Wildman–Crippen MR) is 163 cm³/mol. The van der Waals surface area contributed by atoms with E-state index in [1.54, 1.807) is 6.07 Å². The van der Waals surface area contributed by atoms with Gasteiger partial charge in [0.1, 0.15) is 30.1 Å². The number of amides is 1. The SMILES string of the molecule is COC(=O)N[C@H](C(=O)Cc1cncc(F)c1CC[C@@H]1CN[C@H](COC(=O)CCC(F)(F)F)CO1)[C@H](c1ccc(F)cc1)c1cccc(F)c1. The summed E-state index contributed by atoms with van der Waals surface area (Å²) >= 11 is 0. The van der Waals surface area contributed by atoms with Crippen LogP contribution < -0.4 is 10.6 Å². The highest BCUT2D eigenvalue weighted by atomic mass is 19.4. The van der Waals surface area contributed by atoms with Crippen LogP contribution in [0.4, 0.5) is 31.1 Å². The van der Waals surface area contributed by atoms with Gasteiger partial charge in [-0.15, -0.1) is 0 Å². The Morgan fingerprint density at radius 3 is 2.45 bits per heavy atom. The summed E-state index contributed by atoms with van der Waals surface area (Å²) in [4.78, 5) is 42.0. The number of methoxy groups -OCH3 is 1. The van der Waals surface area contributed by atoms with Gasteiger partial charge in [-0.3, -0.25) is 14.6 Å². The summed E-state index contributed by atoms with van der Waals surface area (Å²) in [5.74, 6) is -4.35. The van der Waals surface area contributed by atoms with Crippen LogP contribution in [0.1, 0.15) is 47.4 Å². The van der Waals surface area contributed by atoms with Gasteiger partial charge >= 0.3 is 18.2 Å². The molecule has 49 heavy (non-hydrogen) atoms. The molecule has 2 heterocycles. The molecule has 0 saturated carbocycles. The first kappa shape index (κ1) is 37.3. The van der Waals surface area contributed by atoms with Crippen molar-refractivity contribution in [3.8, 4) is 0 Å². The molecule has 1 fully saturated rings. The number of alkyl carbamates (subject to hydrolysis) is 1. The molecule has 15 heteroatoms. The number of alkyl halides is 3. The Morgan fingerprint density at radius 2 is 1.80 bits per heavy atom. The van der Waals surface area contributed by atoms with Gasteiger partial charge in [-0.2, -0.15) is 13.2 Å². The van der Waals surface area contributed by atoms with Crippen molar-refractivity contribution in [1.82, 2.24) is 15.6 Å². The molecule has 1 aromatic heterocycles. The fraction of sp³-hybridized carbons (Fsp3) is 0.412. The molecule has 264 valence electrons. The number of benzene rings is 2. The van der Waals surface area contributed by atoms with Gasteiger partial charge in [0.25, 0.3) is 0 Å². The van der Waals surface area contributed by atoms with E-state index in [1.165, 1.54) is 48.7 Å². The standard InChI is InChI=1S/C34H35F6N3O6/c1-47-33(46)43-32(31(20-5-7-23(35)8-6-20)21-3-2-4-24(36)13-21)29(44)14-22-15-41-17-28(37)27(22)10-9-26-16-42-25(18-48-26)19-49-30(45)11-12-34(38,39)40/h2-8,13,15,17,25-26,31-32,42H,9-12,14,16,18-19H2,1H3,(H,43,46)/t25-,26+,31+,32+/m0/s1. The van der Waals surface area contributed by atoms with E-state index in [0.717, 1.165) is 13.3 Å². The van der Waals surface area contributed by atoms with Crippen LogP contribution in [0, 0.1) is 17.5 Å². The van der Waals surface area contributed by atoms with Gasteiger partial charge in [0, 0.05) is 25.1 Å². The second-order valence-electron chi connectivity index (χ2n) is 11.5. The minimum Gasteiger partial charge on any atom is -0.464 e. The van der Waals surface area contributed by atoms with Crippen molar-refractivity contribution in [2.45, 2.75) is 62.4 Å². The maximum Gasteiger partial charge on any atom is 0.407 e. The number of hydrogen-bond donors (Lipinski definition) is 2. The first-order chi connectivity index (χ1) is 23.3. The van der Waals surface area contributed by atoms with E-state index in [-0.39, 0.29) is 43.7 Å². The quantitative estimate of drug-likeness (QED) is 0.172. The van der Waals surface area contributed by atoms with E-state index < -0.39 is 78.4 Å². The number of carbonyl (C=O) groups excluding carboxylic acids is 3. The van der Waals surface area contributed by atoms with Crippen molar-refractivity contribution in [1.29, 1.82) is 0 Å². The number of halogens is 6. The highest BCUT2D eigenvalue weighted by Crippen LogP contribution is 2.31. The topological polar surface area (TPSA) is 116 Å². The third-order valence-electron chi connectivity index (χ3n) is 7.98. The molecule has 0 bridgehead atoms. The average molecular weight is 696 g/mol. The molecule has 1 amide bonds. The van der Waals surface area contributed by atoms with Crippen molar-refractivity contribution >= 4 is 17.8 Å². The van der Waals surface area contributed by atoms with Gasteiger partial charge in [-0.1, -0.05) is 24.3 Å². The molecule has 2 N–H and O–H groups in total. The van der Waals surface area contributed by atoms with Gasteiger partial charge in [-0.25, -0.2) is 18.0 Å². The average Bonchev–Trinajstić information content (AvgIpc) is 3.06. The highest BCUT2D eigenvalue weighted by Gasteiger charge is 2.34. The first-order valence-electron chi connectivity index (χ1n) is 15.4. The van der Waals surface area contributed by atoms with Crippen LogP contribution in [0.2, 0.25) is 0 Å². The van der Waals surface area contributed by atoms with Crippen LogP contribution in [0.3, 0.4) is 0 Å². The van der Waals surface area contributed by atoms with E-state index in [4.69, 9.17) is 14.2 Å². The number of rotatable bonds is 14. The molecule has 1 aliphatic rings. The number of morpholine rings is 1. The molecule has 1 saturated heterocycles. The van der Waals surface area contributed by atoms with E-state index in [1.807, 2.05) is 0 Å². The molecule has 0 radical (unpaired) electrons. The van der Waals surface area contributed by atoms with E-state index >= 15 is 4.39 Å². The zero-order valence-electron chi connectivity index (χ0n) is 26.4. The van der Waals surface area contributed by atoms with E-state index in [2.05, 4.69) is 15.6 Å². The number of pyridine rings is 1. The van der Waals surface area contributed by atoms with Gasteiger partial charge in [0.15, 0.2) is 5.78 Å². The lowest BCUT2D eigenvalue weighted by atomic mass is 9.81. The normalized spacial score (nSPS) is 17.5. The van der Waals surface area contributed by atoms with Crippen LogP contribution in [0.25, 0.3) is 0 Å². The molecule has 3 aromatic rings. The van der Waals surface area contributed by atoms with E-state index in [9.17, 15) is 36.3 Å². The summed E-state index contributed by atoms with van der Waals surface area (Å²) in [6.45, 7) is 0.195. The summed E-state index contributed by atoms with van der Waals surface area (Å²) < 4.78 is 95.8. The number of esters is 1. The molecular weight excluding hydrogens is 660 g/mol. The van der Waals surface area contributed by atoms with E-state index in [0.29, 0.717) is 17.5 Å². The highest BCUT2D eigenvalue weighted by molar-refractivity contribution is 5.90. The molecular formula is C34H35F6N3O6. The maximum absolute atomic E-state index is 15.1. The number of hydrogen-bond acceptors (Lipinski definition) is 8. The Balaban J connectivity index is 1.45. The Kier molecular flexibility index (Phi) is 13.1. The van der Waals surface area contributed by atoms with Crippen molar-refractivity contribution in [2.75, 3.05) is 26.9 Å². The molecule has 1 aliphatic heterocycles. The minimum absolute atomic E-state index is 0.0904. The number of ketones is 1. The lowest BCUT2D eigenvalue weighted by Gasteiger charge is -2.30. The molecule has 2 aromatic carbocycles. The Labute approximate surface area is 278 Å². The van der Waals surface area contributed by atoms with Gasteiger partial charge in [0.2, 0.25) is 0 Å². The molecule has 4 rings (SSSR count). The smallest absolute Gasteiger partial charge is 0.407 e. The third kappa shape index (κ3) is 11.3. The van der Waals surface area contributed by atoms with Crippen molar-refractivity contribution in [2.24, 2.45) is 0 Å². The molecule has 0 unspecified atom stereocenters. The summed E-state index contributed by atoms with van der Waals surface area (Å²) in [6, 6.07) is 8.80. The minimum atomic E-state index is -4.46. The lowest BCUT2D eigenvalue weighted by molar-refractivity contribution is -0.158. The molecule has 0 spiro atoms. The number of nitrogens with zero attached hydrogens (tertiary/aromatic N) is 1. The summed E-state index contributed by atoms with van der Waals surface area (Å²) in [6.07, 6.45) is -5.48. The zero-order chi connectivity index (χ0) is 35.6. The Hall–Kier alpha value is -4.50. The van der Waals surface area contributed by atoms with Gasteiger partial charge < -0.3 is 24.8 Å². The second kappa shape index (κ2) is 17.2. The number of carbonyl (C=O) groups is 3. The number of nitrogens with one attached hydrogen (secondary N) is 2. The fourth-order valence-corrected chi connectivity index (χ4v) is 5.49. The summed E-state index contributed by atoms with van der Waals surface area (Å²) in [7, 11) is 1.11. The monoisotopic (exact) mass is 695 g/mol. The van der Waals surface area contributed by atoms with Gasteiger partial charge in [0.05, 0.1) is 44.9 Å². The lowest BCUT2D eigenvalue weighted by Crippen LogP contribution is -2.49. The zero-order valence-corrected chi connectivity index (χ0v) is 26.4. The Bertz CT molecular complexity index is 1580. The number of ether oxygens (including phenoxy) is 3. The second-order valence-corrected chi connectivity index (χ2v) is 11.5. The Morgan fingerprint density at radius 1 is 1.04 bits per heavy atom. The first-order valence-corrected chi connectivity index (χ1v) is 15.4. The summed E-state index contributed by atoms with van der Waals surface area (Å²) in [5.41, 5.74) is 1.14. The third-order valence-corrected chi connectivity index (χ3v) is 7.98. The van der Waals surface area contributed by atoms with Crippen LogP contribution in [-0.4, -0.2) is 74.1 Å². The van der Waals surface area contributed by atoms with Crippen LogP contribution >= 0.6 is 0 Å². The van der Waals surface area contributed by atoms with Crippen molar-refractivity contribution in [3.63, 3.8) is 0 Å². The number of Topliss-reactive ketones (excluding diaryl/α,β-unsaturated/α-hetero) is 1. The largest absolute Gasteiger partial charge is 0.464 e. The molecule has 0 aliphatic carbocycles. The molecule has 4 atom stereocenters. The maximum atomic E-state index is 15.1. The fourth-order valence-electron chi connectivity index (χ4n) is 5.49. The van der Waals surface area contributed by atoms with Crippen LogP contribution in [0.15, 0.2) is 60.9 Å². The van der Waals surface area contributed by atoms with Crippen molar-refractivity contribution in [3.05, 3.63) is 101 Å². The van der Waals surface area contributed by atoms with Crippen LogP contribution in [-0.2, 0) is 36.6 Å². The predicted octanol–water partition coefficient (Wildman–Crippen LogP) is 5.34. The summed E-state index contributed by atoms with van der Waals surface area (Å²) in [5, 5.41) is 5.62. The van der Waals surface area contributed by atoms with Crippen molar-refractivity contribution < 1.29 is 54.9 Å².